The number of rotatable bonds is 12. The van der Waals surface area contributed by atoms with Crippen molar-refractivity contribution < 1.29 is 5.11 Å². The van der Waals surface area contributed by atoms with Crippen LogP contribution >= 0.6 is 35.7 Å². The van der Waals surface area contributed by atoms with Crippen LogP contribution in [0.1, 0.15) is 40.0 Å². The number of hydrogen-bond acceptors (Lipinski definition) is 3. The summed E-state index contributed by atoms with van der Waals surface area (Å²) >= 11 is 1.86. The Morgan fingerprint density at radius 3 is 2.45 bits per heavy atom. The smallest absolute Gasteiger partial charge is 0.191 e. The van der Waals surface area contributed by atoms with Gasteiger partial charge in [-0.25, -0.2) is 0 Å². The highest BCUT2D eigenvalue weighted by atomic mass is 127. The van der Waals surface area contributed by atoms with Gasteiger partial charge in [-0.1, -0.05) is 19.9 Å². The largest absolute Gasteiger partial charge is 0.396 e. The van der Waals surface area contributed by atoms with E-state index in [1.165, 1.54) is 0 Å². The van der Waals surface area contributed by atoms with Gasteiger partial charge in [0.1, 0.15) is 0 Å². The summed E-state index contributed by atoms with van der Waals surface area (Å²) in [6.07, 6.45) is 4.83. The van der Waals surface area contributed by atoms with Crippen LogP contribution in [0.2, 0.25) is 0 Å². The predicted octanol–water partition coefficient (Wildman–Crippen LogP) is 3.27. The molecule has 0 aromatic carbocycles. The second-order valence-corrected chi connectivity index (χ2v) is 6.32. The number of hydrogen-bond donors (Lipinski definition) is 3. The minimum Gasteiger partial charge on any atom is -0.396 e. The van der Waals surface area contributed by atoms with Crippen LogP contribution in [0.5, 0.6) is 0 Å². The van der Waals surface area contributed by atoms with Gasteiger partial charge in [0.2, 0.25) is 0 Å². The van der Waals surface area contributed by atoms with Crippen LogP contribution in [0.3, 0.4) is 0 Å². The molecule has 0 bridgehead atoms. The third-order valence-corrected chi connectivity index (χ3v) is 4.80. The van der Waals surface area contributed by atoms with E-state index in [9.17, 15) is 5.11 Å². The number of aliphatic hydroxyl groups excluding tert-OH is 1. The average Bonchev–Trinajstić information content (AvgIpc) is 2.51. The maximum Gasteiger partial charge on any atom is 0.191 e. The van der Waals surface area contributed by atoms with Gasteiger partial charge in [0.05, 0.1) is 0 Å². The average molecular weight is 443 g/mol. The van der Waals surface area contributed by atoms with E-state index >= 15 is 0 Å². The zero-order chi connectivity index (χ0) is 16.0. The first-order valence-corrected chi connectivity index (χ1v) is 9.15. The minimum atomic E-state index is 0. The summed E-state index contributed by atoms with van der Waals surface area (Å²) in [4.78, 5) is 4.72. The van der Waals surface area contributed by atoms with Gasteiger partial charge < -0.3 is 15.7 Å². The highest BCUT2D eigenvalue weighted by Crippen LogP contribution is 2.30. The molecule has 0 aromatic heterocycles. The molecule has 0 aliphatic heterocycles. The van der Waals surface area contributed by atoms with Gasteiger partial charge >= 0.3 is 0 Å². The normalized spacial score (nSPS) is 11.7. The van der Waals surface area contributed by atoms with Crippen LogP contribution in [0.15, 0.2) is 17.6 Å². The van der Waals surface area contributed by atoms with Crippen molar-refractivity contribution in [3.05, 3.63) is 12.7 Å². The van der Waals surface area contributed by atoms with E-state index in [1.807, 2.05) is 17.8 Å². The van der Waals surface area contributed by atoms with Crippen LogP contribution in [0.4, 0.5) is 0 Å². The fraction of sp³-hybridized carbons (Fsp3) is 0.812. The molecule has 0 atom stereocenters. The molecule has 0 radical (unpaired) electrons. The molecule has 0 amide bonds. The Bertz CT molecular complexity index is 297. The summed E-state index contributed by atoms with van der Waals surface area (Å²) in [5.41, 5.74) is 0.120. The number of guanidine groups is 1. The Kier molecular flexibility index (Phi) is 17.6. The highest BCUT2D eigenvalue weighted by molar-refractivity contribution is 14.0. The van der Waals surface area contributed by atoms with Gasteiger partial charge in [-0.05, 0) is 31.6 Å². The van der Waals surface area contributed by atoms with E-state index < -0.39 is 0 Å². The lowest BCUT2D eigenvalue weighted by Crippen LogP contribution is -2.39. The Morgan fingerprint density at radius 2 is 1.95 bits per heavy atom. The molecule has 0 aromatic rings. The van der Waals surface area contributed by atoms with Crippen molar-refractivity contribution in [3.63, 3.8) is 0 Å². The van der Waals surface area contributed by atoms with E-state index in [0.29, 0.717) is 0 Å². The molecule has 0 heterocycles. The molecule has 0 fully saturated rings. The maximum absolute atomic E-state index is 9.27. The van der Waals surface area contributed by atoms with E-state index in [1.54, 1.807) is 0 Å². The molecule has 0 saturated heterocycles. The summed E-state index contributed by atoms with van der Waals surface area (Å²) in [5, 5.41) is 15.9. The maximum atomic E-state index is 9.27. The zero-order valence-electron chi connectivity index (χ0n) is 14.4. The number of nitrogens with zero attached hydrogens (tertiary/aromatic N) is 1. The molecule has 6 heteroatoms. The zero-order valence-corrected chi connectivity index (χ0v) is 17.5. The third-order valence-electron chi connectivity index (χ3n) is 3.83. The first-order chi connectivity index (χ1) is 10.2. The standard InChI is InChI=1S/C16H33N3OS.HI/c1-5-12-21-13-10-18-15(17-8-4)19-14-16(6-2,7-3)9-11-20;/h5,20H,1,6-14H2,2-4H3,(H2,17,18,19);1H. The quantitative estimate of drug-likeness (QED) is 0.143. The monoisotopic (exact) mass is 443 g/mol. The molecule has 22 heavy (non-hydrogen) atoms. The van der Waals surface area contributed by atoms with E-state index in [0.717, 1.165) is 56.4 Å². The van der Waals surface area contributed by atoms with E-state index in [2.05, 4.69) is 38.0 Å². The third kappa shape index (κ3) is 10.7. The van der Waals surface area contributed by atoms with E-state index in [-0.39, 0.29) is 36.0 Å². The Labute approximate surface area is 158 Å². The second kappa shape index (κ2) is 15.9. The molecule has 132 valence electrons. The first kappa shape index (κ1) is 24.3. The topological polar surface area (TPSA) is 56.7 Å². The Morgan fingerprint density at radius 1 is 1.27 bits per heavy atom. The van der Waals surface area contributed by atoms with Crippen molar-refractivity contribution in [1.82, 2.24) is 10.6 Å². The lowest BCUT2D eigenvalue weighted by molar-refractivity contribution is 0.175. The van der Waals surface area contributed by atoms with Crippen molar-refractivity contribution in [2.45, 2.75) is 40.0 Å². The molecular formula is C16H34IN3OS. The van der Waals surface area contributed by atoms with Crippen LogP contribution in [-0.4, -0.2) is 48.8 Å². The van der Waals surface area contributed by atoms with Gasteiger partial charge in [-0.2, -0.15) is 11.8 Å². The van der Waals surface area contributed by atoms with Gasteiger partial charge in [-0.3, -0.25) is 4.99 Å². The number of halogens is 1. The van der Waals surface area contributed by atoms with E-state index in [4.69, 9.17) is 4.99 Å². The molecule has 0 spiro atoms. The molecule has 0 rings (SSSR count). The van der Waals surface area contributed by atoms with Crippen molar-refractivity contribution in [3.8, 4) is 0 Å². The predicted molar refractivity (Wildman–Crippen MR) is 112 cm³/mol. The van der Waals surface area contributed by atoms with Crippen LogP contribution in [-0.2, 0) is 0 Å². The SMILES string of the molecule is C=CCSCCNC(=NCC(CC)(CC)CCO)NCC.I. The lowest BCUT2D eigenvalue weighted by Gasteiger charge is -2.29. The molecular weight excluding hydrogens is 409 g/mol. The summed E-state index contributed by atoms with van der Waals surface area (Å²) in [6, 6.07) is 0. The summed E-state index contributed by atoms with van der Waals surface area (Å²) < 4.78 is 0. The molecule has 0 saturated carbocycles. The second-order valence-electron chi connectivity index (χ2n) is 5.17. The van der Waals surface area contributed by atoms with Crippen molar-refractivity contribution in [2.24, 2.45) is 10.4 Å². The fourth-order valence-corrected chi connectivity index (χ4v) is 2.72. The van der Waals surface area contributed by atoms with Gasteiger partial charge in [0.15, 0.2) is 5.96 Å². The summed E-state index contributed by atoms with van der Waals surface area (Å²) in [5.74, 6) is 2.90. The van der Waals surface area contributed by atoms with Crippen molar-refractivity contribution in [1.29, 1.82) is 0 Å². The molecule has 3 N–H and O–H groups in total. The summed E-state index contributed by atoms with van der Waals surface area (Å²) in [7, 11) is 0. The molecule has 4 nitrogen and oxygen atoms in total. The molecule has 0 aliphatic carbocycles. The lowest BCUT2D eigenvalue weighted by atomic mass is 9.79. The van der Waals surface area contributed by atoms with Crippen LogP contribution < -0.4 is 10.6 Å². The highest BCUT2D eigenvalue weighted by Gasteiger charge is 2.25. The minimum absolute atomic E-state index is 0. The molecule has 0 aliphatic rings. The van der Waals surface area contributed by atoms with Crippen molar-refractivity contribution >= 4 is 41.7 Å². The van der Waals surface area contributed by atoms with Crippen LogP contribution in [0, 0.1) is 5.41 Å². The number of aliphatic hydroxyl groups is 1. The first-order valence-electron chi connectivity index (χ1n) is 7.99. The van der Waals surface area contributed by atoms with Gasteiger partial charge in [0.25, 0.3) is 0 Å². The summed E-state index contributed by atoms with van der Waals surface area (Å²) in [6.45, 7) is 12.9. The fourth-order valence-electron chi connectivity index (χ4n) is 2.14. The number of nitrogens with one attached hydrogen (secondary N) is 2. The molecule has 0 unspecified atom stereocenters. The number of thioether (sulfide) groups is 1. The van der Waals surface area contributed by atoms with Gasteiger partial charge in [-0.15, -0.1) is 30.6 Å². The number of aliphatic imine (C=N–C) groups is 1. The van der Waals surface area contributed by atoms with Crippen LogP contribution in [0.25, 0.3) is 0 Å². The Balaban J connectivity index is 0. The Hall–Kier alpha value is 0.0500. The van der Waals surface area contributed by atoms with Crippen molar-refractivity contribution in [2.75, 3.05) is 37.7 Å². The van der Waals surface area contributed by atoms with Gasteiger partial charge in [0, 0.05) is 37.7 Å².